The first kappa shape index (κ1) is 13.0. The Morgan fingerprint density at radius 3 is 2.62 bits per heavy atom. The summed E-state index contributed by atoms with van der Waals surface area (Å²) < 4.78 is 5.37. The number of hydrogen-bond donors (Lipinski definition) is 1. The number of ether oxygens (including phenoxy) is 1. The molecule has 1 atom stereocenters. The topological polar surface area (TPSA) is 21.3 Å². The van der Waals surface area contributed by atoms with Gasteiger partial charge in [0.1, 0.15) is 5.75 Å². The van der Waals surface area contributed by atoms with Crippen molar-refractivity contribution >= 4 is 0 Å². The van der Waals surface area contributed by atoms with Gasteiger partial charge in [-0.1, -0.05) is 32.0 Å². The normalized spacial score (nSPS) is 12.4. The third kappa shape index (κ3) is 3.86. The van der Waals surface area contributed by atoms with E-state index in [0.29, 0.717) is 6.04 Å². The van der Waals surface area contributed by atoms with Gasteiger partial charge in [-0.05, 0) is 37.4 Å². The third-order valence-electron chi connectivity index (χ3n) is 2.83. The molecule has 0 aliphatic carbocycles. The van der Waals surface area contributed by atoms with E-state index < -0.39 is 0 Å². The van der Waals surface area contributed by atoms with Crippen molar-refractivity contribution in [2.45, 2.75) is 39.2 Å². The molecule has 1 rings (SSSR count). The molecular weight excluding hydrogens is 198 g/mol. The molecule has 16 heavy (non-hydrogen) atoms. The lowest BCUT2D eigenvalue weighted by molar-refractivity contribution is 0.403. The second kappa shape index (κ2) is 7.29. The summed E-state index contributed by atoms with van der Waals surface area (Å²) in [7, 11) is 1.74. The summed E-state index contributed by atoms with van der Waals surface area (Å²) in [6, 6.07) is 8.82. The quantitative estimate of drug-likeness (QED) is 0.764. The Labute approximate surface area is 99.0 Å². The molecule has 0 aliphatic heterocycles. The van der Waals surface area contributed by atoms with Crippen LogP contribution in [0.4, 0.5) is 0 Å². The zero-order chi connectivity index (χ0) is 11.8. The van der Waals surface area contributed by atoms with Crippen molar-refractivity contribution in [3.8, 4) is 5.75 Å². The van der Waals surface area contributed by atoms with Gasteiger partial charge in [-0.3, -0.25) is 0 Å². The second-order valence-electron chi connectivity index (χ2n) is 4.08. The molecule has 2 heteroatoms. The van der Waals surface area contributed by atoms with Crippen molar-refractivity contribution in [3.63, 3.8) is 0 Å². The van der Waals surface area contributed by atoms with Crippen LogP contribution in [-0.2, 0) is 6.42 Å². The predicted molar refractivity (Wildman–Crippen MR) is 69.1 cm³/mol. The minimum atomic E-state index is 0.552. The Bertz CT molecular complexity index is 299. The lowest BCUT2D eigenvalue weighted by Crippen LogP contribution is -2.31. The summed E-state index contributed by atoms with van der Waals surface area (Å²) in [4.78, 5) is 0. The van der Waals surface area contributed by atoms with Crippen LogP contribution in [0.3, 0.4) is 0 Å². The lowest BCUT2D eigenvalue weighted by Gasteiger charge is -2.18. The van der Waals surface area contributed by atoms with E-state index in [9.17, 15) is 0 Å². The second-order valence-corrected chi connectivity index (χ2v) is 4.08. The highest BCUT2D eigenvalue weighted by atomic mass is 16.5. The Morgan fingerprint density at radius 1 is 1.25 bits per heavy atom. The van der Waals surface area contributed by atoms with Crippen molar-refractivity contribution < 1.29 is 4.74 Å². The summed E-state index contributed by atoms with van der Waals surface area (Å²) in [6.07, 6.45) is 3.38. The van der Waals surface area contributed by atoms with Gasteiger partial charge in [-0.25, -0.2) is 0 Å². The third-order valence-corrected chi connectivity index (χ3v) is 2.83. The number of para-hydroxylation sites is 1. The van der Waals surface area contributed by atoms with E-state index in [2.05, 4.69) is 31.3 Å². The zero-order valence-electron chi connectivity index (χ0n) is 10.6. The van der Waals surface area contributed by atoms with Crippen LogP contribution in [0.15, 0.2) is 24.3 Å². The van der Waals surface area contributed by atoms with Crippen molar-refractivity contribution in [2.24, 2.45) is 0 Å². The number of nitrogens with one attached hydrogen (secondary N) is 1. The van der Waals surface area contributed by atoms with E-state index >= 15 is 0 Å². The molecule has 1 unspecified atom stereocenters. The van der Waals surface area contributed by atoms with Crippen LogP contribution >= 0.6 is 0 Å². The van der Waals surface area contributed by atoms with Gasteiger partial charge in [0, 0.05) is 6.04 Å². The molecule has 90 valence electrons. The van der Waals surface area contributed by atoms with Gasteiger partial charge in [0.05, 0.1) is 7.11 Å². The maximum atomic E-state index is 5.37. The summed E-state index contributed by atoms with van der Waals surface area (Å²) in [5.41, 5.74) is 1.29. The van der Waals surface area contributed by atoms with Crippen LogP contribution < -0.4 is 10.1 Å². The Kier molecular flexibility index (Phi) is 5.94. The molecule has 0 amide bonds. The molecule has 0 saturated carbocycles. The molecule has 0 aliphatic rings. The van der Waals surface area contributed by atoms with Gasteiger partial charge in [0.15, 0.2) is 0 Å². The van der Waals surface area contributed by atoms with E-state index in [-0.39, 0.29) is 0 Å². The number of hydrogen-bond acceptors (Lipinski definition) is 2. The highest BCUT2D eigenvalue weighted by molar-refractivity contribution is 5.33. The van der Waals surface area contributed by atoms with Crippen molar-refractivity contribution in [1.82, 2.24) is 5.32 Å². The fourth-order valence-electron chi connectivity index (χ4n) is 1.85. The van der Waals surface area contributed by atoms with E-state index in [0.717, 1.165) is 25.1 Å². The maximum absolute atomic E-state index is 5.37. The van der Waals surface area contributed by atoms with Gasteiger partial charge >= 0.3 is 0 Å². The van der Waals surface area contributed by atoms with E-state index in [1.54, 1.807) is 7.11 Å². The van der Waals surface area contributed by atoms with E-state index in [1.165, 1.54) is 12.0 Å². The van der Waals surface area contributed by atoms with Crippen LogP contribution in [0.2, 0.25) is 0 Å². The molecule has 0 fully saturated rings. The van der Waals surface area contributed by atoms with Gasteiger partial charge < -0.3 is 10.1 Å². The van der Waals surface area contributed by atoms with Crippen LogP contribution in [0.1, 0.15) is 32.3 Å². The maximum Gasteiger partial charge on any atom is 0.122 e. The fourth-order valence-corrected chi connectivity index (χ4v) is 1.85. The molecule has 0 spiro atoms. The Morgan fingerprint density at radius 2 is 2.00 bits per heavy atom. The van der Waals surface area contributed by atoms with Gasteiger partial charge in [-0.2, -0.15) is 0 Å². The number of methoxy groups -OCH3 is 1. The monoisotopic (exact) mass is 221 g/mol. The van der Waals surface area contributed by atoms with Crippen LogP contribution in [0.5, 0.6) is 5.75 Å². The highest BCUT2D eigenvalue weighted by Gasteiger charge is 2.09. The van der Waals surface area contributed by atoms with Gasteiger partial charge in [0.2, 0.25) is 0 Å². The Hall–Kier alpha value is -1.02. The molecule has 1 aromatic carbocycles. The van der Waals surface area contributed by atoms with Crippen molar-refractivity contribution in [2.75, 3.05) is 13.7 Å². The van der Waals surface area contributed by atoms with Crippen molar-refractivity contribution in [1.29, 1.82) is 0 Å². The van der Waals surface area contributed by atoms with Crippen LogP contribution in [0.25, 0.3) is 0 Å². The Balaban J connectivity index is 2.62. The summed E-state index contributed by atoms with van der Waals surface area (Å²) in [6.45, 7) is 5.51. The molecule has 0 bridgehead atoms. The summed E-state index contributed by atoms with van der Waals surface area (Å²) in [5, 5.41) is 3.56. The zero-order valence-corrected chi connectivity index (χ0v) is 10.6. The minimum absolute atomic E-state index is 0.552. The average Bonchev–Trinajstić information content (AvgIpc) is 2.34. The number of rotatable bonds is 7. The smallest absolute Gasteiger partial charge is 0.122 e. The molecule has 0 aromatic heterocycles. The molecule has 0 radical (unpaired) electrons. The summed E-state index contributed by atoms with van der Waals surface area (Å²) in [5.74, 6) is 0.999. The first-order chi connectivity index (χ1) is 7.81. The minimum Gasteiger partial charge on any atom is -0.496 e. The lowest BCUT2D eigenvalue weighted by atomic mass is 10.0. The largest absolute Gasteiger partial charge is 0.496 e. The first-order valence-electron chi connectivity index (χ1n) is 6.17. The highest BCUT2D eigenvalue weighted by Crippen LogP contribution is 2.19. The predicted octanol–water partition coefficient (Wildman–Crippen LogP) is 3.02. The number of benzene rings is 1. The standard InChI is InChI=1S/C14H23NO/c1-4-10-15-13(5-2)11-12-8-6-7-9-14(12)16-3/h6-9,13,15H,4-5,10-11H2,1-3H3. The first-order valence-corrected chi connectivity index (χ1v) is 6.17. The molecule has 1 aromatic rings. The molecular formula is C14H23NO. The van der Waals surface area contributed by atoms with E-state index in [1.807, 2.05) is 12.1 Å². The van der Waals surface area contributed by atoms with E-state index in [4.69, 9.17) is 4.74 Å². The van der Waals surface area contributed by atoms with Crippen LogP contribution in [-0.4, -0.2) is 19.7 Å². The molecule has 0 saturated heterocycles. The average molecular weight is 221 g/mol. The molecule has 1 N–H and O–H groups in total. The fraction of sp³-hybridized carbons (Fsp3) is 0.571. The van der Waals surface area contributed by atoms with Gasteiger partial charge in [-0.15, -0.1) is 0 Å². The summed E-state index contributed by atoms with van der Waals surface area (Å²) >= 11 is 0. The SMILES string of the molecule is CCCNC(CC)Cc1ccccc1OC. The van der Waals surface area contributed by atoms with Gasteiger partial charge in [0.25, 0.3) is 0 Å². The molecule has 2 nitrogen and oxygen atoms in total. The van der Waals surface area contributed by atoms with Crippen LogP contribution in [0, 0.1) is 0 Å². The van der Waals surface area contributed by atoms with Crippen molar-refractivity contribution in [3.05, 3.63) is 29.8 Å². The molecule has 0 heterocycles.